The number of benzene rings is 2. The third-order valence-corrected chi connectivity index (χ3v) is 8.47. The lowest BCUT2D eigenvalue weighted by Gasteiger charge is -2.32. The van der Waals surface area contributed by atoms with Crippen LogP contribution in [0.3, 0.4) is 0 Å². The van der Waals surface area contributed by atoms with Crippen LogP contribution in [0.25, 0.3) is 17.2 Å². The first-order valence-electron chi connectivity index (χ1n) is 13.8. The van der Waals surface area contributed by atoms with Crippen LogP contribution in [0.5, 0.6) is 0 Å². The number of piperidine rings is 1. The van der Waals surface area contributed by atoms with Gasteiger partial charge in [-0.25, -0.2) is 28.1 Å². The van der Waals surface area contributed by atoms with E-state index < -0.39 is 10.0 Å². The molecule has 0 saturated carbocycles. The number of carbonyl (C=O) groups excluding carboxylic acids is 1. The van der Waals surface area contributed by atoms with Crippen molar-refractivity contribution in [2.45, 2.75) is 24.7 Å². The van der Waals surface area contributed by atoms with E-state index in [1.54, 1.807) is 31.3 Å². The number of sulfonamides is 1. The summed E-state index contributed by atoms with van der Waals surface area (Å²) in [5.74, 6) is 1.72. The minimum absolute atomic E-state index is 0.00257. The number of imidazole rings is 1. The van der Waals surface area contributed by atoms with E-state index in [1.807, 2.05) is 53.2 Å². The second-order valence-electron chi connectivity index (χ2n) is 10.2. The lowest BCUT2D eigenvalue weighted by Crippen LogP contribution is -2.41. The van der Waals surface area contributed by atoms with Crippen LogP contribution in [0, 0.1) is 12.8 Å². The van der Waals surface area contributed by atoms with Crippen LogP contribution in [-0.2, 0) is 14.8 Å². The number of aryl methyl sites for hydroxylation is 1. The van der Waals surface area contributed by atoms with Crippen molar-refractivity contribution in [3.05, 3.63) is 97.1 Å². The SMILES string of the molecule is Cc1ccnc(NS(=O)(=O)c2ccc(NC(=O)C3CCCN(c4ccc(-n5ccnc5-c5ccccc5)nn4)C3)cc2)n1. The first-order valence-corrected chi connectivity index (χ1v) is 15.3. The quantitative estimate of drug-likeness (QED) is 0.271. The largest absolute Gasteiger partial charge is 0.354 e. The lowest BCUT2D eigenvalue weighted by atomic mass is 9.97. The molecule has 12 nitrogen and oxygen atoms in total. The maximum Gasteiger partial charge on any atom is 0.264 e. The van der Waals surface area contributed by atoms with E-state index in [0.717, 1.165) is 30.8 Å². The molecule has 0 spiro atoms. The predicted octanol–water partition coefficient (Wildman–Crippen LogP) is 4.08. The zero-order valence-electron chi connectivity index (χ0n) is 23.3. The molecule has 43 heavy (non-hydrogen) atoms. The summed E-state index contributed by atoms with van der Waals surface area (Å²) in [6.07, 6.45) is 6.62. The fourth-order valence-corrected chi connectivity index (χ4v) is 5.89. The zero-order valence-corrected chi connectivity index (χ0v) is 24.1. The van der Waals surface area contributed by atoms with E-state index in [-0.39, 0.29) is 22.7 Å². The van der Waals surface area contributed by atoms with E-state index in [2.05, 4.69) is 40.1 Å². The Morgan fingerprint density at radius 1 is 0.907 bits per heavy atom. The number of aromatic nitrogens is 6. The fourth-order valence-electron chi connectivity index (χ4n) is 4.94. The van der Waals surface area contributed by atoms with E-state index in [0.29, 0.717) is 29.6 Å². The number of nitrogens with one attached hydrogen (secondary N) is 2. The maximum absolute atomic E-state index is 13.1. The Morgan fingerprint density at radius 2 is 1.67 bits per heavy atom. The highest BCUT2D eigenvalue weighted by molar-refractivity contribution is 7.92. The number of hydrogen-bond donors (Lipinski definition) is 2. The highest BCUT2D eigenvalue weighted by Crippen LogP contribution is 2.25. The number of hydrogen-bond acceptors (Lipinski definition) is 9. The normalized spacial score (nSPS) is 15.2. The van der Waals surface area contributed by atoms with Gasteiger partial charge in [0.1, 0.15) is 5.82 Å². The van der Waals surface area contributed by atoms with Gasteiger partial charge >= 0.3 is 0 Å². The second kappa shape index (κ2) is 12.0. The van der Waals surface area contributed by atoms with Gasteiger partial charge in [-0.15, -0.1) is 10.2 Å². The summed E-state index contributed by atoms with van der Waals surface area (Å²) in [5.41, 5.74) is 2.13. The summed E-state index contributed by atoms with van der Waals surface area (Å²) >= 11 is 0. The molecule has 1 amide bonds. The minimum Gasteiger partial charge on any atom is -0.354 e. The van der Waals surface area contributed by atoms with Gasteiger partial charge in [0.25, 0.3) is 10.0 Å². The van der Waals surface area contributed by atoms with Crippen LogP contribution in [0.4, 0.5) is 17.5 Å². The van der Waals surface area contributed by atoms with Crippen LogP contribution < -0.4 is 14.9 Å². The molecule has 3 aromatic heterocycles. The molecule has 1 aliphatic heterocycles. The van der Waals surface area contributed by atoms with Crippen molar-refractivity contribution < 1.29 is 13.2 Å². The summed E-state index contributed by atoms with van der Waals surface area (Å²) < 4.78 is 29.7. The van der Waals surface area contributed by atoms with Crippen LogP contribution in [-0.4, -0.2) is 57.1 Å². The van der Waals surface area contributed by atoms with E-state index in [9.17, 15) is 13.2 Å². The molecule has 1 atom stereocenters. The molecular formula is C30H29N9O3S. The summed E-state index contributed by atoms with van der Waals surface area (Å²) in [6, 6.07) is 21.4. The highest BCUT2D eigenvalue weighted by Gasteiger charge is 2.27. The smallest absolute Gasteiger partial charge is 0.264 e. The van der Waals surface area contributed by atoms with Crippen LogP contribution in [0.2, 0.25) is 0 Å². The fraction of sp³-hybridized carbons (Fsp3) is 0.200. The van der Waals surface area contributed by atoms with Gasteiger partial charge in [0.15, 0.2) is 11.6 Å². The zero-order chi connectivity index (χ0) is 29.8. The molecule has 13 heteroatoms. The van der Waals surface area contributed by atoms with Crippen LogP contribution in [0.15, 0.2) is 96.3 Å². The molecule has 0 radical (unpaired) electrons. The summed E-state index contributed by atoms with van der Waals surface area (Å²) in [7, 11) is -3.88. The number of amides is 1. The molecule has 218 valence electrons. The molecule has 2 N–H and O–H groups in total. The highest BCUT2D eigenvalue weighted by atomic mass is 32.2. The third-order valence-electron chi connectivity index (χ3n) is 7.12. The molecule has 1 unspecified atom stereocenters. The third kappa shape index (κ3) is 6.36. The molecule has 0 bridgehead atoms. The van der Waals surface area contributed by atoms with Crippen molar-refractivity contribution in [2.24, 2.45) is 5.92 Å². The van der Waals surface area contributed by atoms with Crippen LogP contribution >= 0.6 is 0 Å². The average Bonchev–Trinajstić information content (AvgIpc) is 3.52. The van der Waals surface area contributed by atoms with E-state index >= 15 is 0 Å². The topological polar surface area (TPSA) is 148 Å². The Morgan fingerprint density at radius 3 is 2.42 bits per heavy atom. The minimum atomic E-state index is -3.88. The number of rotatable bonds is 8. The molecule has 0 aliphatic carbocycles. The Kier molecular flexibility index (Phi) is 7.79. The Hall–Kier alpha value is -5.17. The van der Waals surface area contributed by atoms with Crippen molar-refractivity contribution in [1.29, 1.82) is 0 Å². The van der Waals surface area contributed by atoms with Gasteiger partial charge in [-0.05, 0) is 62.2 Å². The molecule has 4 heterocycles. The lowest BCUT2D eigenvalue weighted by molar-refractivity contribution is -0.120. The van der Waals surface area contributed by atoms with Gasteiger partial charge in [-0.1, -0.05) is 30.3 Å². The molecule has 1 saturated heterocycles. The summed E-state index contributed by atoms with van der Waals surface area (Å²) in [6.45, 7) is 3.01. The molecule has 2 aromatic carbocycles. The summed E-state index contributed by atoms with van der Waals surface area (Å²) in [5, 5.41) is 11.8. The maximum atomic E-state index is 13.1. The Balaban J connectivity index is 1.08. The standard InChI is InChI=1S/C30H29N9O3S/c1-21-15-16-32-30(33-21)37-43(41,42)25-11-9-24(10-12-25)34-29(40)23-8-5-18-38(20-23)26-13-14-27(36-35-26)39-19-17-31-28(39)22-6-3-2-4-7-22/h2-4,6-7,9-17,19,23H,5,8,18,20H2,1H3,(H,34,40)(H,32,33,37). The Bertz CT molecular complexity index is 1830. The number of carbonyl (C=O) groups is 1. The van der Waals surface area contributed by atoms with Crippen molar-refractivity contribution >= 4 is 33.4 Å². The number of anilines is 3. The molecule has 1 fully saturated rings. The van der Waals surface area contributed by atoms with E-state index in [4.69, 9.17) is 0 Å². The van der Waals surface area contributed by atoms with Gasteiger partial charge in [-0.2, -0.15) is 0 Å². The average molecular weight is 596 g/mol. The molecule has 1 aliphatic rings. The van der Waals surface area contributed by atoms with Gasteiger partial charge in [-0.3, -0.25) is 9.36 Å². The monoisotopic (exact) mass is 595 g/mol. The van der Waals surface area contributed by atoms with Gasteiger partial charge < -0.3 is 10.2 Å². The molecule has 6 rings (SSSR count). The van der Waals surface area contributed by atoms with Crippen LogP contribution in [0.1, 0.15) is 18.5 Å². The first-order chi connectivity index (χ1) is 20.9. The molecular weight excluding hydrogens is 566 g/mol. The number of nitrogens with zero attached hydrogens (tertiary/aromatic N) is 7. The predicted molar refractivity (Wildman–Crippen MR) is 162 cm³/mol. The molecule has 5 aromatic rings. The van der Waals surface area contributed by atoms with Gasteiger partial charge in [0, 0.05) is 48.6 Å². The first kappa shape index (κ1) is 28.0. The van der Waals surface area contributed by atoms with Gasteiger partial charge in [0.2, 0.25) is 11.9 Å². The van der Waals surface area contributed by atoms with E-state index in [1.165, 1.54) is 18.3 Å². The second-order valence-corrected chi connectivity index (χ2v) is 11.8. The van der Waals surface area contributed by atoms with Crippen molar-refractivity contribution in [3.63, 3.8) is 0 Å². The summed E-state index contributed by atoms with van der Waals surface area (Å²) in [4.78, 5) is 27.7. The van der Waals surface area contributed by atoms with Gasteiger partial charge in [0.05, 0.1) is 10.8 Å². The van der Waals surface area contributed by atoms with Crippen molar-refractivity contribution in [1.82, 2.24) is 29.7 Å². The Labute approximate surface area is 248 Å². The van der Waals surface area contributed by atoms with Crippen molar-refractivity contribution in [3.8, 4) is 17.2 Å². The van der Waals surface area contributed by atoms with Crippen molar-refractivity contribution in [2.75, 3.05) is 28.0 Å².